The van der Waals surface area contributed by atoms with Gasteiger partial charge in [0.15, 0.2) is 0 Å². The number of halogens is 1. The van der Waals surface area contributed by atoms with Crippen LogP contribution < -0.4 is 11.1 Å². The van der Waals surface area contributed by atoms with Crippen molar-refractivity contribution in [1.82, 2.24) is 20.2 Å². The van der Waals surface area contributed by atoms with Gasteiger partial charge < -0.3 is 15.5 Å². The van der Waals surface area contributed by atoms with Gasteiger partial charge in [-0.15, -0.1) is 21.5 Å². The molecule has 4 aromatic heterocycles. The van der Waals surface area contributed by atoms with Crippen LogP contribution in [-0.4, -0.2) is 26.1 Å². The number of carbonyl (C=O) groups excluding carboxylic acids is 1. The number of rotatable bonds is 8. The Kier molecular flexibility index (Phi) is 7.03. The summed E-state index contributed by atoms with van der Waals surface area (Å²) in [6, 6.07) is 8.92. The van der Waals surface area contributed by atoms with E-state index in [1.165, 1.54) is 17.4 Å². The SMILES string of the molecule is CCc1nc(CC(C)C)c(C(N)=O)c(-c2cc3ccnc(N[C@H]4CCc5ccc(F)cc54)c3s2)c1-c1nnc(C)o1. The van der Waals surface area contributed by atoms with E-state index in [0.717, 1.165) is 44.6 Å². The highest BCUT2D eigenvalue weighted by Crippen LogP contribution is 2.45. The number of fused-ring (bicyclic) bond motifs is 2. The number of hydrogen-bond acceptors (Lipinski definition) is 8. The lowest BCUT2D eigenvalue weighted by atomic mass is 9.92. The molecule has 4 heterocycles. The number of benzene rings is 1. The first-order chi connectivity index (χ1) is 19.7. The molecule has 210 valence electrons. The van der Waals surface area contributed by atoms with Gasteiger partial charge in [-0.1, -0.05) is 26.8 Å². The molecule has 1 aliphatic carbocycles. The van der Waals surface area contributed by atoms with Crippen molar-refractivity contribution in [3.05, 3.63) is 76.3 Å². The minimum atomic E-state index is -0.554. The molecule has 0 aliphatic heterocycles. The lowest BCUT2D eigenvalue weighted by Gasteiger charge is -2.18. The number of hydrogen-bond donors (Lipinski definition) is 2. The fraction of sp³-hybridized carbons (Fsp3) is 0.323. The average Bonchev–Trinajstić information content (AvgIpc) is 3.66. The van der Waals surface area contributed by atoms with Gasteiger partial charge in [0.25, 0.3) is 5.91 Å². The fourth-order valence-corrected chi connectivity index (χ4v) is 6.86. The Hall–Kier alpha value is -4.18. The summed E-state index contributed by atoms with van der Waals surface area (Å²) in [6.45, 7) is 7.92. The maximum Gasteiger partial charge on any atom is 0.251 e. The highest BCUT2D eigenvalue weighted by molar-refractivity contribution is 7.23. The molecule has 0 spiro atoms. The number of nitrogens with one attached hydrogen (secondary N) is 1. The van der Waals surface area contributed by atoms with E-state index in [2.05, 4.69) is 34.3 Å². The molecule has 3 N–H and O–H groups in total. The van der Waals surface area contributed by atoms with Crippen LogP contribution in [-0.2, 0) is 19.3 Å². The molecule has 1 atom stereocenters. The van der Waals surface area contributed by atoms with Gasteiger partial charge >= 0.3 is 0 Å². The number of aryl methyl sites for hydroxylation is 3. The van der Waals surface area contributed by atoms with Gasteiger partial charge in [0.2, 0.25) is 11.8 Å². The summed E-state index contributed by atoms with van der Waals surface area (Å²) < 4.78 is 20.9. The molecule has 0 bridgehead atoms. The molecule has 0 unspecified atom stereocenters. The van der Waals surface area contributed by atoms with Gasteiger partial charge in [0.05, 0.1) is 33.3 Å². The van der Waals surface area contributed by atoms with Crippen LogP contribution in [0.3, 0.4) is 0 Å². The van der Waals surface area contributed by atoms with E-state index < -0.39 is 5.91 Å². The number of primary amides is 1. The Morgan fingerprint density at radius 3 is 2.73 bits per heavy atom. The zero-order chi connectivity index (χ0) is 28.8. The lowest BCUT2D eigenvalue weighted by Crippen LogP contribution is -2.19. The van der Waals surface area contributed by atoms with Gasteiger partial charge in [0.1, 0.15) is 11.6 Å². The van der Waals surface area contributed by atoms with Gasteiger partial charge in [-0.3, -0.25) is 9.78 Å². The Bertz CT molecular complexity index is 1790. The van der Waals surface area contributed by atoms with E-state index >= 15 is 0 Å². The predicted molar refractivity (Wildman–Crippen MR) is 158 cm³/mol. The quantitative estimate of drug-likeness (QED) is 0.210. The summed E-state index contributed by atoms with van der Waals surface area (Å²) >= 11 is 1.51. The first-order valence-electron chi connectivity index (χ1n) is 13.8. The van der Waals surface area contributed by atoms with Gasteiger partial charge in [-0.05, 0) is 72.4 Å². The highest BCUT2D eigenvalue weighted by atomic mass is 32.1. The minimum Gasteiger partial charge on any atom is -0.421 e. The van der Waals surface area contributed by atoms with Gasteiger partial charge in [0, 0.05) is 23.6 Å². The maximum absolute atomic E-state index is 14.1. The van der Waals surface area contributed by atoms with Crippen molar-refractivity contribution in [2.24, 2.45) is 11.7 Å². The van der Waals surface area contributed by atoms with Crippen LogP contribution in [0.2, 0.25) is 0 Å². The summed E-state index contributed by atoms with van der Waals surface area (Å²) in [7, 11) is 0. The Morgan fingerprint density at radius 2 is 2.02 bits per heavy atom. The number of nitrogens with two attached hydrogens (primary N) is 1. The molecule has 5 aromatic rings. The molecule has 6 rings (SSSR count). The molecule has 1 amide bonds. The van der Waals surface area contributed by atoms with Crippen LogP contribution >= 0.6 is 11.3 Å². The molecular formula is C31H31FN6O2S. The van der Waals surface area contributed by atoms with Crippen molar-refractivity contribution in [3.63, 3.8) is 0 Å². The first kappa shape index (κ1) is 27.0. The number of thiophene rings is 1. The van der Waals surface area contributed by atoms with Crippen LogP contribution in [0.15, 0.2) is 40.9 Å². The zero-order valence-electron chi connectivity index (χ0n) is 23.4. The standard InChI is InChI=1S/C31H31FN6O2S/c1-5-21-26(31-38-37-16(4)40-31)27(25(29(33)39)23(35-21)12-15(2)3)24-13-18-10-11-34-30(28(18)41-24)36-22-9-7-17-6-8-19(32)14-20(17)22/h6,8,10-11,13-15,22H,5,7,9,12H2,1-4H3,(H2,33,39)(H,34,36)/t22-/m0/s1. The van der Waals surface area contributed by atoms with Crippen molar-refractivity contribution in [3.8, 4) is 21.9 Å². The number of anilines is 1. The van der Waals surface area contributed by atoms with Crippen LogP contribution in [0.1, 0.15) is 72.0 Å². The third-order valence-corrected chi connectivity index (χ3v) is 8.62. The Morgan fingerprint density at radius 1 is 1.20 bits per heavy atom. The molecule has 10 heteroatoms. The fourth-order valence-electron chi connectivity index (χ4n) is 5.70. The highest BCUT2D eigenvalue weighted by Gasteiger charge is 2.29. The summed E-state index contributed by atoms with van der Waals surface area (Å²) in [5, 5.41) is 12.9. The number of amides is 1. The third-order valence-electron chi connectivity index (χ3n) is 7.45. The van der Waals surface area contributed by atoms with E-state index in [1.807, 2.05) is 25.1 Å². The first-order valence-corrected chi connectivity index (χ1v) is 14.6. The number of pyridine rings is 2. The van der Waals surface area contributed by atoms with E-state index in [-0.39, 0.29) is 17.8 Å². The maximum atomic E-state index is 14.1. The molecule has 0 saturated carbocycles. The predicted octanol–water partition coefficient (Wildman–Crippen LogP) is 6.82. The smallest absolute Gasteiger partial charge is 0.251 e. The van der Waals surface area contributed by atoms with Crippen LogP contribution in [0.25, 0.3) is 32.0 Å². The molecular weight excluding hydrogens is 539 g/mol. The Balaban J connectivity index is 1.55. The second kappa shape index (κ2) is 10.7. The molecule has 0 fully saturated rings. The van der Waals surface area contributed by atoms with Crippen LogP contribution in [0, 0.1) is 18.7 Å². The van der Waals surface area contributed by atoms with Crippen molar-refractivity contribution in [2.45, 2.75) is 59.4 Å². The number of nitrogens with zero attached hydrogens (tertiary/aromatic N) is 4. The molecule has 1 aliphatic rings. The van der Waals surface area contributed by atoms with Gasteiger partial charge in [-0.25, -0.2) is 9.37 Å². The van der Waals surface area contributed by atoms with E-state index in [0.29, 0.717) is 52.8 Å². The van der Waals surface area contributed by atoms with E-state index in [1.54, 1.807) is 19.2 Å². The van der Waals surface area contributed by atoms with Crippen LogP contribution in [0.4, 0.5) is 10.2 Å². The third kappa shape index (κ3) is 4.97. The zero-order valence-corrected chi connectivity index (χ0v) is 24.2. The number of carbonyl (C=O) groups is 1. The summed E-state index contributed by atoms with van der Waals surface area (Å²) in [5.74, 6) is 0.896. The topological polar surface area (TPSA) is 120 Å². The second-order valence-corrected chi connectivity index (χ2v) is 11.9. The molecule has 8 nitrogen and oxygen atoms in total. The molecule has 0 radical (unpaired) electrons. The lowest BCUT2D eigenvalue weighted by molar-refractivity contribution is 0.0999. The van der Waals surface area contributed by atoms with Crippen molar-refractivity contribution >= 4 is 33.1 Å². The summed E-state index contributed by atoms with van der Waals surface area (Å²) in [4.78, 5) is 23.5. The van der Waals surface area contributed by atoms with Crippen molar-refractivity contribution in [1.29, 1.82) is 0 Å². The van der Waals surface area contributed by atoms with E-state index in [9.17, 15) is 9.18 Å². The molecule has 1 aromatic carbocycles. The Labute approximate surface area is 241 Å². The molecule has 0 saturated heterocycles. The average molecular weight is 571 g/mol. The second-order valence-electron chi connectivity index (χ2n) is 10.8. The summed E-state index contributed by atoms with van der Waals surface area (Å²) in [6.07, 6.45) is 4.69. The normalized spacial score (nSPS) is 14.6. The van der Waals surface area contributed by atoms with Crippen molar-refractivity contribution in [2.75, 3.05) is 5.32 Å². The monoisotopic (exact) mass is 570 g/mol. The van der Waals surface area contributed by atoms with Crippen LogP contribution in [0.5, 0.6) is 0 Å². The summed E-state index contributed by atoms with van der Waals surface area (Å²) in [5.41, 5.74) is 11.3. The van der Waals surface area contributed by atoms with Crippen molar-refractivity contribution < 1.29 is 13.6 Å². The molecule has 41 heavy (non-hydrogen) atoms. The minimum absolute atomic E-state index is 0.0484. The van der Waals surface area contributed by atoms with E-state index in [4.69, 9.17) is 15.1 Å². The largest absolute Gasteiger partial charge is 0.421 e. The number of aromatic nitrogens is 4. The van der Waals surface area contributed by atoms with Gasteiger partial charge in [-0.2, -0.15) is 0 Å².